The maximum Gasteiger partial charge on any atom is 0.410 e. The lowest BCUT2D eigenvalue weighted by molar-refractivity contribution is -0.127. The number of carbonyl (C=O) groups excluding carboxylic acids is 2. The van der Waals surface area contributed by atoms with E-state index >= 15 is 0 Å². The average Bonchev–Trinajstić information content (AvgIpc) is 2.84. The van der Waals surface area contributed by atoms with E-state index in [2.05, 4.69) is 5.10 Å². The van der Waals surface area contributed by atoms with Gasteiger partial charge in [-0.05, 0) is 52.5 Å². The van der Waals surface area contributed by atoms with E-state index in [1.165, 1.54) is 0 Å². The van der Waals surface area contributed by atoms with Gasteiger partial charge in [-0.1, -0.05) is 11.6 Å². The van der Waals surface area contributed by atoms with E-state index in [4.69, 9.17) is 16.3 Å². The van der Waals surface area contributed by atoms with Crippen LogP contribution in [0.3, 0.4) is 0 Å². The zero-order valence-corrected chi connectivity index (χ0v) is 18.4. The maximum absolute atomic E-state index is 12.5. The van der Waals surface area contributed by atoms with Gasteiger partial charge in [0.25, 0.3) is 0 Å². The Morgan fingerprint density at radius 3 is 2.43 bits per heavy atom. The van der Waals surface area contributed by atoms with E-state index in [-0.39, 0.29) is 12.0 Å². The highest BCUT2D eigenvalue weighted by molar-refractivity contribution is 6.31. The number of hydrogen-bond donors (Lipinski definition) is 0. The van der Waals surface area contributed by atoms with Crippen LogP contribution in [0.2, 0.25) is 5.15 Å². The molecule has 0 radical (unpaired) electrons. The number of carbonyl (C=O) groups is 2. The van der Waals surface area contributed by atoms with Crippen LogP contribution in [-0.2, 0) is 16.6 Å². The lowest BCUT2D eigenvalue weighted by atomic mass is 9.96. The minimum absolute atomic E-state index is 0.0294. The molecule has 2 amide bonds. The topological polar surface area (TPSA) is 67.7 Å². The van der Waals surface area contributed by atoms with Crippen LogP contribution in [0.1, 0.15) is 44.9 Å². The molecular weight excluding hydrogens is 380 g/mol. The molecule has 7 nitrogen and oxygen atoms in total. The molecule has 1 aromatic heterocycles. The number of halogens is 1. The van der Waals surface area contributed by atoms with Crippen LogP contribution in [0.4, 0.5) is 4.79 Å². The van der Waals surface area contributed by atoms with Gasteiger partial charge >= 0.3 is 6.09 Å². The predicted molar refractivity (Wildman–Crippen MR) is 110 cm³/mol. The smallest absolute Gasteiger partial charge is 0.410 e. The Balaban J connectivity index is 1.83. The van der Waals surface area contributed by atoms with E-state index in [0.29, 0.717) is 30.7 Å². The number of aryl methyl sites for hydroxylation is 2. The molecular formula is C20H31ClN4O3. The molecule has 156 valence electrons. The summed E-state index contributed by atoms with van der Waals surface area (Å²) in [5.74, 6) is 0.332. The van der Waals surface area contributed by atoms with Gasteiger partial charge in [-0.25, -0.2) is 4.79 Å². The molecule has 0 spiro atoms. The Morgan fingerprint density at radius 2 is 1.93 bits per heavy atom. The molecule has 0 bridgehead atoms. The fourth-order valence-electron chi connectivity index (χ4n) is 3.23. The van der Waals surface area contributed by atoms with Gasteiger partial charge in [0.05, 0.1) is 5.69 Å². The first-order chi connectivity index (χ1) is 13.0. The second-order valence-electron chi connectivity index (χ2n) is 8.38. The summed E-state index contributed by atoms with van der Waals surface area (Å²) in [5.41, 5.74) is 1.06. The molecule has 2 heterocycles. The summed E-state index contributed by atoms with van der Waals surface area (Å²) in [7, 11) is 3.53. The van der Waals surface area contributed by atoms with E-state index in [1.807, 2.05) is 32.6 Å². The number of aromatic nitrogens is 2. The SMILES string of the molecule is Cc1nn(C)c(Cl)c1C=CC(=O)N1CCC(CN(C)C(=O)OC(C)(C)C)CC1. The number of likely N-dealkylation sites (tertiary alicyclic amines) is 1. The minimum Gasteiger partial charge on any atom is -0.444 e. The van der Waals surface area contributed by atoms with Crippen LogP contribution in [0.15, 0.2) is 6.08 Å². The van der Waals surface area contributed by atoms with Gasteiger partial charge in [0.2, 0.25) is 5.91 Å². The molecule has 0 aromatic carbocycles. The highest BCUT2D eigenvalue weighted by Crippen LogP contribution is 2.22. The first-order valence-electron chi connectivity index (χ1n) is 9.58. The number of hydrogen-bond acceptors (Lipinski definition) is 4. The van der Waals surface area contributed by atoms with Crippen LogP contribution in [0, 0.1) is 12.8 Å². The lowest BCUT2D eigenvalue weighted by Gasteiger charge is -2.34. The third-order valence-corrected chi connectivity index (χ3v) is 5.20. The Labute approximate surface area is 172 Å². The molecule has 0 atom stereocenters. The van der Waals surface area contributed by atoms with Crippen molar-refractivity contribution in [2.75, 3.05) is 26.7 Å². The zero-order valence-electron chi connectivity index (χ0n) is 17.7. The van der Waals surface area contributed by atoms with Crippen LogP contribution in [-0.4, -0.2) is 63.9 Å². The van der Waals surface area contributed by atoms with E-state index in [1.54, 1.807) is 35.8 Å². The largest absolute Gasteiger partial charge is 0.444 e. The van der Waals surface area contributed by atoms with Crippen LogP contribution < -0.4 is 0 Å². The second-order valence-corrected chi connectivity index (χ2v) is 8.73. The summed E-state index contributed by atoms with van der Waals surface area (Å²) < 4.78 is 6.98. The van der Waals surface area contributed by atoms with Gasteiger partial charge in [0.1, 0.15) is 10.8 Å². The zero-order chi connectivity index (χ0) is 21.1. The molecule has 8 heteroatoms. The third kappa shape index (κ3) is 5.99. The molecule has 0 saturated carbocycles. The predicted octanol–water partition coefficient (Wildman–Crippen LogP) is 3.50. The first-order valence-corrected chi connectivity index (χ1v) is 9.96. The number of nitrogens with zero attached hydrogens (tertiary/aromatic N) is 4. The molecule has 1 aliphatic rings. The number of piperidine rings is 1. The molecule has 0 aliphatic carbocycles. The van der Waals surface area contributed by atoms with Crippen molar-refractivity contribution < 1.29 is 14.3 Å². The summed E-state index contributed by atoms with van der Waals surface area (Å²) in [6, 6.07) is 0. The molecule has 28 heavy (non-hydrogen) atoms. The van der Waals surface area contributed by atoms with Gasteiger partial charge in [-0.2, -0.15) is 5.10 Å². The highest BCUT2D eigenvalue weighted by Gasteiger charge is 2.26. The van der Waals surface area contributed by atoms with Crippen LogP contribution in [0.5, 0.6) is 0 Å². The Hall–Kier alpha value is -2.02. The monoisotopic (exact) mass is 410 g/mol. The molecule has 1 saturated heterocycles. The average molecular weight is 411 g/mol. The third-order valence-electron chi connectivity index (χ3n) is 4.75. The Morgan fingerprint density at radius 1 is 1.32 bits per heavy atom. The van der Waals surface area contributed by atoms with E-state index in [0.717, 1.165) is 24.1 Å². The van der Waals surface area contributed by atoms with Crippen molar-refractivity contribution in [2.24, 2.45) is 13.0 Å². The van der Waals surface area contributed by atoms with Crippen molar-refractivity contribution in [2.45, 2.75) is 46.1 Å². The van der Waals surface area contributed by atoms with Crippen molar-refractivity contribution in [3.8, 4) is 0 Å². The fraction of sp³-hybridized carbons (Fsp3) is 0.650. The molecule has 1 aromatic rings. The summed E-state index contributed by atoms with van der Waals surface area (Å²) in [6.45, 7) is 9.43. The normalized spacial score (nSPS) is 15.9. The summed E-state index contributed by atoms with van der Waals surface area (Å²) in [5, 5.41) is 4.76. The number of rotatable bonds is 4. The Bertz CT molecular complexity index is 743. The summed E-state index contributed by atoms with van der Waals surface area (Å²) >= 11 is 6.20. The second kappa shape index (κ2) is 8.99. The number of ether oxygens (including phenoxy) is 1. The van der Waals surface area contributed by atoms with Gasteiger partial charge in [0, 0.05) is 45.4 Å². The van der Waals surface area contributed by atoms with Gasteiger partial charge in [0.15, 0.2) is 0 Å². The summed E-state index contributed by atoms with van der Waals surface area (Å²) in [6.07, 6.45) is 4.70. The quantitative estimate of drug-likeness (QED) is 0.712. The van der Waals surface area contributed by atoms with Gasteiger partial charge in [-0.15, -0.1) is 0 Å². The highest BCUT2D eigenvalue weighted by atomic mass is 35.5. The fourth-order valence-corrected chi connectivity index (χ4v) is 3.47. The van der Waals surface area contributed by atoms with E-state index in [9.17, 15) is 9.59 Å². The molecule has 0 unspecified atom stereocenters. The number of amides is 2. The van der Waals surface area contributed by atoms with Crippen molar-refractivity contribution in [3.63, 3.8) is 0 Å². The standard InChI is InChI=1S/C20H31ClN4O3/c1-14-16(18(21)24(6)22-14)7-8-17(26)25-11-9-15(10-12-25)13-23(5)19(27)28-20(2,3)4/h7-8,15H,9-13H2,1-6H3. The molecule has 1 aliphatic heterocycles. The first kappa shape index (κ1) is 22.3. The van der Waals surface area contributed by atoms with Crippen molar-refractivity contribution in [1.29, 1.82) is 0 Å². The van der Waals surface area contributed by atoms with Crippen LogP contribution in [0.25, 0.3) is 6.08 Å². The van der Waals surface area contributed by atoms with Crippen molar-refractivity contribution >= 4 is 29.7 Å². The summed E-state index contributed by atoms with van der Waals surface area (Å²) in [4.78, 5) is 28.0. The van der Waals surface area contributed by atoms with Crippen molar-refractivity contribution in [3.05, 3.63) is 22.5 Å². The van der Waals surface area contributed by atoms with Crippen molar-refractivity contribution in [1.82, 2.24) is 19.6 Å². The minimum atomic E-state index is -0.497. The molecule has 2 rings (SSSR count). The van der Waals surface area contributed by atoms with Crippen LogP contribution >= 0.6 is 11.6 Å². The molecule has 0 N–H and O–H groups in total. The lowest BCUT2D eigenvalue weighted by Crippen LogP contribution is -2.42. The van der Waals surface area contributed by atoms with E-state index < -0.39 is 5.60 Å². The molecule has 1 fully saturated rings. The Kier molecular flexibility index (Phi) is 7.15. The maximum atomic E-state index is 12.5. The van der Waals surface area contributed by atoms with Gasteiger partial charge < -0.3 is 14.5 Å². The van der Waals surface area contributed by atoms with Gasteiger partial charge in [-0.3, -0.25) is 9.48 Å².